The summed E-state index contributed by atoms with van der Waals surface area (Å²) in [6.07, 6.45) is 9.93. The molecule has 1 N–H and O–H groups in total. The molecule has 2 aliphatic carbocycles. The first-order valence-electron chi connectivity index (χ1n) is 19.0. The summed E-state index contributed by atoms with van der Waals surface area (Å²) in [5.74, 6) is 0.379. The van der Waals surface area contributed by atoms with E-state index < -0.39 is 26.8 Å². The highest BCUT2D eigenvalue weighted by molar-refractivity contribution is 7.90. The first-order valence-corrected chi connectivity index (χ1v) is 20.9. The number of hydrogen-bond acceptors (Lipinski definition) is 9. The summed E-state index contributed by atoms with van der Waals surface area (Å²) in [4.78, 5) is 18.5. The molecule has 1 saturated carbocycles. The summed E-state index contributed by atoms with van der Waals surface area (Å²) in [7, 11) is -2.14. The molecule has 10 nitrogen and oxygen atoms in total. The Labute approximate surface area is 313 Å². The number of halogens is 1. The third-order valence-corrected chi connectivity index (χ3v) is 15.3. The van der Waals surface area contributed by atoms with Crippen LogP contribution in [0.5, 0.6) is 5.75 Å². The lowest BCUT2D eigenvalue weighted by Crippen LogP contribution is -2.65. The van der Waals surface area contributed by atoms with Crippen molar-refractivity contribution in [2.45, 2.75) is 74.2 Å². The molecular formula is C40H52ClN3O7S. The zero-order valence-corrected chi connectivity index (χ0v) is 32.1. The van der Waals surface area contributed by atoms with Gasteiger partial charge in [-0.3, -0.25) is 9.69 Å². The fourth-order valence-corrected chi connectivity index (χ4v) is 11.2. The standard InChI is InChI=1S/C40H52ClN3O7S/c1-27-6-4-15-40(48-3,23-43-16-17-51-39(22-43)25-49-26-39)34-11-8-31(34)20-44-21-38(14-5-7-29-18-32(41)10-12-33(29)38)24-50-36-13-9-30(19-35(36)44)37(45)42-52(46,47)28(27)2/h4,9-10,12-13,15,18-19,27-28,31,34H,5-8,11,14,16-17,20-26H2,1-3H3,(H,42,45)/b15-4+/t27-,28+,31-,34+,38-,40+/m0/s1. The monoisotopic (exact) mass is 753 g/mol. The van der Waals surface area contributed by atoms with Crippen LogP contribution < -0.4 is 14.4 Å². The van der Waals surface area contributed by atoms with Gasteiger partial charge in [-0.1, -0.05) is 36.7 Å². The van der Waals surface area contributed by atoms with Crippen molar-refractivity contribution in [2.75, 3.05) is 71.2 Å². The number of allylic oxidation sites excluding steroid dienone is 1. The average Bonchev–Trinajstić information content (AvgIpc) is 3.25. The molecule has 4 heterocycles. The highest BCUT2D eigenvalue weighted by Crippen LogP contribution is 2.49. The first-order chi connectivity index (χ1) is 24.9. The van der Waals surface area contributed by atoms with E-state index in [0.717, 1.165) is 62.4 Å². The fourth-order valence-electron chi connectivity index (χ4n) is 9.72. The molecular weight excluding hydrogens is 702 g/mol. The maximum atomic E-state index is 13.6. The van der Waals surface area contributed by atoms with Gasteiger partial charge in [0.2, 0.25) is 10.0 Å². The van der Waals surface area contributed by atoms with E-state index in [-0.39, 0.29) is 22.9 Å². The number of fused-ring (bicyclic) bond motifs is 4. The minimum absolute atomic E-state index is 0.224. The van der Waals surface area contributed by atoms with Gasteiger partial charge in [0.25, 0.3) is 5.91 Å². The molecule has 6 atom stereocenters. The number of sulfonamides is 1. The van der Waals surface area contributed by atoms with Crippen LogP contribution in [0.4, 0.5) is 5.69 Å². The van der Waals surface area contributed by atoms with E-state index in [0.29, 0.717) is 63.2 Å². The van der Waals surface area contributed by atoms with Gasteiger partial charge < -0.3 is 23.8 Å². The van der Waals surface area contributed by atoms with Crippen LogP contribution in [-0.4, -0.2) is 102 Å². The third kappa shape index (κ3) is 6.57. The maximum absolute atomic E-state index is 13.6. The number of ether oxygens (including phenoxy) is 4. The molecule has 2 saturated heterocycles. The minimum atomic E-state index is -3.97. The van der Waals surface area contributed by atoms with E-state index in [1.165, 1.54) is 11.1 Å². The van der Waals surface area contributed by atoms with Crippen LogP contribution in [0.25, 0.3) is 0 Å². The lowest BCUT2D eigenvalue weighted by Gasteiger charge is -2.54. The Hall–Kier alpha value is -2.67. The first kappa shape index (κ1) is 36.3. The normalized spacial score (nSPS) is 34.8. The van der Waals surface area contributed by atoms with Gasteiger partial charge in [-0.2, -0.15) is 0 Å². The average molecular weight is 754 g/mol. The van der Waals surface area contributed by atoms with Crippen LogP contribution in [0.1, 0.15) is 67.4 Å². The molecule has 8 rings (SSSR count). The molecule has 2 bridgehead atoms. The van der Waals surface area contributed by atoms with Crippen molar-refractivity contribution in [3.05, 3.63) is 70.3 Å². The van der Waals surface area contributed by atoms with E-state index in [1.807, 2.05) is 32.2 Å². The van der Waals surface area contributed by atoms with Crippen LogP contribution in [0, 0.1) is 17.8 Å². The smallest absolute Gasteiger partial charge is 0.264 e. The van der Waals surface area contributed by atoms with Gasteiger partial charge in [-0.15, -0.1) is 0 Å². The predicted molar refractivity (Wildman–Crippen MR) is 201 cm³/mol. The Morgan fingerprint density at radius 2 is 1.92 bits per heavy atom. The van der Waals surface area contributed by atoms with Crippen molar-refractivity contribution >= 4 is 33.2 Å². The van der Waals surface area contributed by atoms with Gasteiger partial charge >= 0.3 is 0 Å². The molecule has 282 valence electrons. The number of carbonyl (C=O) groups is 1. The number of carbonyl (C=O) groups excluding carboxylic acids is 1. The van der Waals surface area contributed by atoms with Crippen molar-refractivity contribution in [1.82, 2.24) is 9.62 Å². The highest BCUT2D eigenvalue weighted by atomic mass is 35.5. The largest absolute Gasteiger partial charge is 0.490 e. The number of benzene rings is 2. The number of anilines is 1. The molecule has 12 heteroatoms. The molecule has 3 fully saturated rings. The Morgan fingerprint density at radius 1 is 1.08 bits per heavy atom. The summed E-state index contributed by atoms with van der Waals surface area (Å²) in [6, 6.07) is 11.6. The summed E-state index contributed by atoms with van der Waals surface area (Å²) in [6.45, 7) is 9.76. The van der Waals surface area contributed by atoms with Crippen molar-refractivity contribution in [1.29, 1.82) is 0 Å². The fraction of sp³-hybridized carbons (Fsp3) is 0.625. The molecule has 6 aliphatic rings. The number of amides is 1. The zero-order valence-electron chi connectivity index (χ0n) is 30.6. The lowest BCUT2D eigenvalue weighted by molar-refractivity contribution is -0.242. The van der Waals surface area contributed by atoms with Crippen molar-refractivity contribution in [3.63, 3.8) is 0 Å². The molecule has 2 spiro atoms. The lowest BCUT2D eigenvalue weighted by atomic mass is 9.63. The number of methoxy groups -OCH3 is 1. The van der Waals surface area contributed by atoms with E-state index in [4.69, 9.17) is 30.5 Å². The zero-order chi connectivity index (χ0) is 36.3. The molecule has 4 aliphatic heterocycles. The molecule has 0 aromatic heterocycles. The molecule has 2 aromatic carbocycles. The van der Waals surface area contributed by atoms with Gasteiger partial charge in [0.05, 0.1) is 37.4 Å². The van der Waals surface area contributed by atoms with Crippen LogP contribution in [0.15, 0.2) is 48.6 Å². The molecule has 0 unspecified atom stereocenters. The van der Waals surface area contributed by atoms with Crippen LogP contribution in [0.3, 0.4) is 0 Å². The Bertz CT molecular complexity index is 1830. The van der Waals surface area contributed by atoms with Crippen LogP contribution in [-0.2, 0) is 36.1 Å². The Kier molecular flexibility index (Phi) is 9.69. The van der Waals surface area contributed by atoms with Gasteiger partial charge in [0.15, 0.2) is 0 Å². The summed E-state index contributed by atoms with van der Waals surface area (Å²) in [5, 5.41) is -0.0502. The summed E-state index contributed by atoms with van der Waals surface area (Å²) in [5.41, 5.74) is 2.54. The number of rotatable bonds is 3. The molecule has 0 radical (unpaired) electrons. The molecule has 2 aromatic rings. The summed E-state index contributed by atoms with van der Waals surface area (Å²) >= 11 is 6.50. The number of nitrogens with zero attached hydrogens (tertiary/aromatic N) is 2. The number of nitrogens with one attached hydrogen (secondary N) is 1. The number of morpholine rings is 1. The van der Waals surface area contributed by atoms with E-state index in [9.17, 15) is 13.2 Å². The Balaban J connectivity index is 1.20. The third-order valence-electron chi connectivity index (χ3n) is 13.1. The van der Waals surface area contributed by atoms with E-state index >= 15 is 0 Å². The second kappa shape index (κ2) is 13.9. The maximum Gasteiger partial charge on any atom is 0.264 e. The van der Waals surface area contributed by atoms with Crippen LogP contribution in [0.2, 0.25) is 5.02 Å². The van der Waals surface area contributed by atoms with E-state index in [1.54, 1.807) is 13.0 Å². The van der Waals surface area contributed by atoms with Crippen molar-refractivity contribution in [2.24, 2.45) is 17.8 Å². The number of hydrogen-bond donors (Lipinski definition) is 1. The Morgan fingerprint density at radius 3 is 2.67 bits per heavy atom. The molecule has 1 amide bonds. The highest BCUT2D eigenvalue weighted by Gasteiger charge is 2.52. The number of aryl methyl sites for hydroxylation is 1. The van der Waals surface area contributed by atoms with Gasteiger partial charge in [-0.25, -0.2) is 13.1 Å². The van der Waals surface area contributed by atoms with Gasteiger partial charge in [-0.05, 0) is 105 Å². The quantitative estimate of drug-likeness (QED) is 0.415. The van der Waals surface area contributed by atoms with Crippen molar-refractivity contribution in [3.8, 4) is 5.75 Å². The topological polar surface area (TPSA) is 107 Å². The van der Waals surface area contributed by atoms with Crippen molar-refractivity contribution < 1.29 is 32.2 Å². The SMILES string of the molecule is CO[C@@]1(CN2CCOC3(COC3)C2)/C=C/C[C@H](C)[C@@H](C)S(=O)(=O)NC(=O)c2ccc3c(c2)N(C[C@@H]2CC[C@H]21)C[C@@]1(CCCc2cc(Cl)ccc21)CO3. The van der Waals surface area contributed by atoms with Crippen LogP contribution >= 0.6 is 11.6 Å². The second-order valence-corrected chi connectivity index (χ2v) is 18.9. The molecule has 52 heavy (non-hydrogen) atoms. The summed E-state index contributed by atoms with van der Waals surface area (Å²) < 4.78 is 54.7. The van der Waals surface area contributed by atoms with Gasteiger partial charge in [0.1, 0.15) is 17.0 Å². The predicted octanol–water partition coefficient (Wildman–Crippen LogP) is 5.37. The minimum Gasteiger partial charge on any atom is -0.490 e. The van der Waals surface area contributed by atoms with Gasteiger partial charge in [0, 0.05) is 55.8 Å². The second-order valence-electron chi connectivity index (χ2n) is 16.4. The van der Waals surface area contributed by atoms with E-state index in [2.05, 4.69) is 38.8 Å².